The number of aryl methyl sites for hydroxylation is 1. The highest BCUT2D eigenvalue weighted by atomic mass is 32.2. The van der Waals surface area contributed by atoms with Gasteiger partial charge >= 0.3 is 0 Å². The van der Waals surface area contributed by atoms with Crippen LogP contribution in [0.3, 0.4) is 0 Å². The van der Waals surface area contributed by atoms with E-state index >= 15 is 0 Å². The van der Waals surface area contributed by atoms with Gasteiger partial charge in [0.1, 0.15) is 5.82 Å². The molecule has 0 aliphatic carbocycles. The van der Waals surface area contributed by atoms with Crippen molar-refractivity contribution in [2.75, 3.05) is 23.7 Å². The number of hydrogen-bond acceptors (Lipinski definition) is 5. The zero-order valence-corrected chi connectivity index (χ0v) is 17.4. The number of sulfonamides is 1. The first-order chi connectivity index (χ1) is 14.2. The van der Waals surface area contributed by atoms with E-state index in [1.165, 1.54) is 36.4 Å². The third-order valence-corrected chi connectivity index (χ3v) is 5.57. The summed E-state index contributed by atoms with van der Waals surface area (Å²) in [5.74, 6) is -0.498. The lowest BCUT2D eigenvalue weighted by molar-refractivity contribution is -0.384. The van der Waals surface area contributed by atoms with Crippen molar-refractivity contribution in [1.82, 2.24) is 5.32 Å². The topological polar surface area (TPSA) is 110 Å². The molecule has 2 rings (SSSR count). The lowest BCUT2D eigenvalue weighted by atomic mass is 10.1. The molecule has 0 aromatic heterocycles. The maximum Gasteiger partial charge on any atom is 0.271 e. The Kier molecular flexibility index (Phi) is 8.28. The Hall–Kier alpha value is -3.01. The lowest BCUT2D eigenvalue weighted by Crippen LogP contribution is -2.32. The second-order valence-electron chi connectivity index (χ2n) is 6.80. The van der Waals surface area contributed by atoms with Crippen LogP contribution >= 0.6 is 0 Å². The monoisotopic (exact) mass is 437 g/mol. The molecule has 0 saturated heterocycles. The van der Waals surface area contributed by atoms with Crippen LogP contribution < -0.4 is 9.62 Å². The smallest absolute Gasteiger partial charge is 0.271 e. The molecule has 0 saturated carbocycles. The van der Waals surface area contributed by atoms with Crippen LogP contribution in [0.5, 0.6) is 0 Å². The maximum atomic E-state index is 12.9. The second-order valence-corrected chi connectivity index (χ2v) is 8.70. The molecule has 0 radical (unpaired) electrons. The molecule has 2 aromatic rings. The Labute approximate surface area is 174 Å². The van der Waals surface area contributed by atoms with Gasteiger partial charge in [0, 0.05) is 31.6 Å². The summed E-state index contributed by atoms with van der Waals surface area (Å²) in [4.78, 5) is 22.3. The van der Waals surface area contributed by atoms with E-state index in [4.69, 9.17) is 0 Å². The van der Waals surface area contributed by atoms with Crippen LogP contribution in [0.1, 0.15) is 24.8 Å². The van der Waals surface area contributed by atoms with Gasteiger partial charge in [0.25, 0.3) is 5.69 Å². The molecule has 0 aliphatic heterocycles. The quantitative estimate of drug-likeness (QED) is 0.330. The molecule has 0 fully saturated rings. The van der Waals surface area contributed by atoms with Gasteiger partial charge < -0.3 is 5.32 Å². The van der Waals surface area contributed by atoms with Crippen LogP contribution in [0, 0.1) is 15.9 Å². The Morgan fingerprint density at radius 2 is 1.87 bits per heavy atom. The van der Waals surface area contributed by atoms with Crippen LogP contribution in [0.25, 0.3) is 0 Å². The summed E-state index contributed by atoms with van der Waals surface area (Å²) < 4.78 is 38.1. The fraction of sp³-hybridized carbons (Fsp3) is 0.350. The number of benzene rings is 2. The number of halogens is 1. The minimum Gasteiger partial charge on any atom is -0.356 e. The molecule has 162 valence electrons. The fourth-order valence-corrected chi connectivity index (χ4v) is 3.85. The van der Waals surface area contributed by atoms with Crippen molar-refractivity contribution in [2.24, 2.45) is 0 Å². The van der Waals surface area contributed by atoms with E-state index in [1.54, 1.807) is 12.1 Å². The highest BCUT2D eigenvalue weighted by Crippen LogP contribution is 2.23. The molecule has 1 N–H and O–H groups in total. The van der Waals surface area contributed by atoms with Crippen LogP contribution in [0.15, 0.2) is 48.5 Å². The Bertz CT molecular complexity index is 980. The Morgan fingerprint density at radius 1 is 1.17 bits per heavy atom. The summed E-state index contributed by atoms with van der Waals surface area (Å²) in [5.41, 5.74) is 0.956. The molecule has 8 nitrogen and oxygen atoms in total. The molecular weight excluding hydrogens is 413 g/mol. The number of anilines is 1. The molecule has 0 spiro atoms. The molecule has 0 aliphatic rings. The number of non-ortho nitro benzene ring substituents is 1. The van der Waals surface area contributed by atoms with Crippen molar-refractivity contribution in [2.45, 2.75) is 25.7 Å². The number of nitrogens with zero attached hydrogens (tertiary/aromatic N) is 2. The predicted octanol–water partition coefficient (Wildman–Crippen LogP) is 3.03. The van der Waals surface area contributed by atoms with Crippen LogP contribution in [-0.2, 0) is 21.2 Å². The van der Waals surface area contributed by atoms with Crippen LogP contribution in [0.2, 0.25) is 0 Å². The highest BCUT2D eigenvalue weighted by Gasteiger charge is 2.19. The zero-order chi connectivity index (χ0) is 22.1. The van der Waals surface area contributed by atoms with Gasteiger partial charge in [-0.25, -0.2) is 12.8 Å². The van der Waals surface area contributed by atoms with Crippen molar-refractivity contribution >= 4 is 27.3 Å². The third-order valence-electron chi connectivity index (χ3n) is 4.37. The molecule has 0 bridgehead atoms. The standard InChI is InChI=1S/C20H24FN3O5S/c1-30(28,29)23(18-6-2-7-19(15-18)24(26)27)14-4-8-20(25)22-13-3-5-16-9-11-17(21)12-10-16/h2,6-7,9-12,15H,3-5,8,13-14H2,1H3,(H,22,25). The summed E-state index contributed by atoms with van der Waals surface area (Å²) >= 11 is 0. The molecule has 0 unspecified atom stereocenters. The lowest BCUT2D eigenvalue weighted by Gasteiger charge is -2.22. The van der Waals surface area contributed by atoms with E-state index in [9.17, 15) is 27.7 Å². The van der Waals surface area contributed by atoms with Gasteiger partial charge in [-0.2, -0.15) is 0 Å². The average Bonchev–Trinajstić information content (AvgIpc) is 2.69. The van der Waals surface area contributed by atoms with Gasteiger partial charge in [0.2, 0.25) is 15.9 Å². The molecule has 30 heavy (non-hydrogen) atoms. The van der Waals surface area contributed by atoms with Crippen molar-refractivity contribution in [3.63, 3.8) is 0 Å². The number of carbonyl (C=O) groups excluding carboxylic acids is 1. The normalized spacial score (nSPS) is 11.1. The minimum atomic E-state index is -3.66. The van der Waals surface area contributed by atoms with Gasteiger partial charge in [0.15, 0.2) is 0 Å². The van der Waals surface area contributed by atoms with Crippen molar-refractivity contribution < 1.29 is 22.5 Å². The van der Waals surface area contributed by atoms with Gasteiger partial charge in [-0.15, -0.1) is 0 Å². The Balaban J connectivity index is 1.80. The van der Waals surface area contributed by atoms with E-state index in [-0.39, 0.29) is 42.5 Å². The van der Waals surface area contributed by atoms with E-state index in [0.29, 0.717) is 19.4 Å². The first-order valence-corrected chi connectivity index (χ1v) is 11.2. The molecular formula is C20H24FN3O5S. The van der Waals surface area contributed by atoms with Gasteiger partial charge in [-0.3, -0.25) is 19.2 Å². The predicted molar refractivity (Wildman–Crippen MR) is 112 cm³/mol. The van der Waals surface area contributed by atoms with Gasteiger partial charge in [-0.05, 0) is 43.0 Å². The first-order valence-electron chi connectivity index (χ1n) is 9.40. The largest absolute Gasteiger partial charge is 0.356 e. The number of rotatable bonds is 11. The maximum absolute atomic E-state index is 12.9. The fourth-order valence-electron chi connectivity index (χ4n) is 2.89. The molecule has 10 heteroatoms. The number of amides is 1. The highest BCUT2D eigenvalue weighted by molar-refractivity contribution is 7.92. The van der Waals surface area contributed by atoms with Crippen molar-refractivity contribution in [3.8, 4) is 0 Å². The van der Waals surface area contributed by atoms with E-state index in [1.807, 2.05) is 0 Å². The number of nitro benzene ring substituents is 1. The Morgan fingerprint density at radius 3 is 2.50 bits per heavy atom. The van der Waals surface area contributed by atoms with Crippen molar-refractivity contribution in [3.05, 3.63) is 70.0 Å². The molecule has 0 heterocycles. The summed E-state index contributed by atoms with van der Waals surface area (Å²) in [6, 6.07) is 11.5. The second kappa shape index (κ2) is 10.7. The van der Waals surface area contributed by atoms with Gasteiger partial charge in [-0.1, -0.05) is 18.2 Å². The van der Waals surface area contributed by atoms with Gasteiger partial charge in [0.05, 0.1) is 16.9 Å². The number of nitro groups is 1. The molecule has 1 amide bonds. The summed E-state index contributed by atoms with van der Waals surface area (Å²) in [5, 5.41) is 13.7. The third kappa shape index (κ3) is 7.43. The molecule has 0 atom stereocenters. The van der Waals surface area contributed by atoms with Crippen LogP contribution in [-0.4, -0.2) is 38.6 Å². The summed E-state index contributed by atoms with van der Waals surface area (Å²) in [6.07, 6.45) is 2.80. The number of hydrogen-bond donors (Lipinski definition) is 1. The van der Waals surface area contributed by atoms with E-state index in [0.717, 1.165) is 16.1 Å². The van der Waals surface area contributed by atoms with E-state index in [2.05, 4.69) is 5.32 Å². The van der Waals surface area contributed by atoms with Crippen LogP contribution in [0.4, 0.5) is 15.8 Å². The van der Waals surface area contributed by atoms with Crippen molar-refractivity contribution in [1.29, 1.82) is 0 Å². The summed E-state index contributed by atoms with van der Waals surface area (Å²) in [6.45, 7) is 0.486. The minimum absolute atomic E-state index is 0.0308. The molecule has 2 aromatic carbocycles. The number of nitrogens with one attached hydrogen (secondary N) is 1. The number of carbonyl (C=O) groups is 1. The first kappa shape index (κ1) is 23.3. The average molecular weight is 437 g/mol. The SMILES string of the molecule is CS(=O)(=O)N(CCCC(=O)NCCCc1ccc(F)cc1)c1cccc([N+](=O)[O-])c1. The summed E-state index contributed by atoms with van der Waals surface area (Å²) in [7, 11) is -3.66. The van der Waals surface area contributed by atoms with E-state index < -0.39 is 14.9 Å². The zero-order valence-electron chi connectivity index (χ0n) is 16.6.